The van der Waals surface area contributed by atoms with Gasteiger partial charge in [0.2, 0.25) is 5.91 Å². The van der Waals surface area contributed by atoms with E-state index in [0.29, 0.717) is 6.10 Å². The van der Waals surface area contributed by atoms with Crippen molar-refractivity contribution >= 4 is 11.6 Å². The Hall–Kier alpha value is -1.39. The van der Waals surface area contributed by atoms with E-state index >= 15 is 0 Å². The summed E-state index contributed by atoms with van der Waals surface area (Å²) in [6.45, 7) is 8.18. The number of hydrogen-bond donors (Lipinski definition) is 2. The lowest BCUT2D eigenvalue weighted by atomic mass is 10.2. The van der Waals surface area contributed by atoms with E-state index < -0.39 is 0 Å². The zero-order chi connectivity index (χ0) is 14.1. The van der Waals surface area contributed by atoms with Gasteiger partial charge in [0.25, 0.3) is 0 Å². The first-order valence-corrected chi connectivity index (χ1v) is 6.77. The molecule has 0 saturated carbocycles. The molecule has 1 amide bonds. The van der Waals surface area contributed by atoms with Crippen molar-refractivity contribution in [2.45, 2.75) is 39.8 Å². The molecule has 0 unspecified atom stereocenters. The molecule has 4 heteroatoms. The molecule has 1 aromatic rings. The van der Waals surface area contributed by atoms with Crippen molar-refractivity contribution in [3.8, 4) is 0 Å². The summed E-state index contributed by atoms with van der Waals surface area (Å²) in [5.41, 5.74) is 2.04. The quantitative estimate of drug-likeness (QED) is 0.709. The Morgan fingerprint density at radius 1 is 1.26 bits per heavy atom. The Morgan fingerprint density at radius 3 is 2.53 bits per heavy atom. The van der Waals surface area contributed by atoms with Gasteiger partial charge in [0.15, 0.2) is 0 Å². The van der Waals surface area contributed by atoms with Crippen LogP contribution in [0.5, 0.6) is 0 Å². The SMILES string of the molecule is CC(=O)Nc1ccc(CNCCCOC(C)C)cc1. The van der Waals surface area contributed by atoms with E-state index in [4.69, 9.17) is 4.74 Å². The lowest BCUT2D eigenvalue weighted by Crippen LogP contribution is -2.17. The minimum absolute atomic E-state index is 0.0453. The predicted octanol–water partition coefficient (Wildman–Crippen LogP) is 2.55. The summed E-state index contributed by atoms with van der Waals surface area (Å²) in [6, 6.07) is 7.87. The minimum Gasteiger partial charge on any atom is -0.379 e. The van der Waals surface area contributed by atoms with Crippen molar-refractivity contribution < 1.29 is 9.53 Å². The summed E-state index contributed by atoms with van der Waals surface area (Å²) in [4.78, 5) is 10.9. The van der Waals surface area contributed by atoms with Crippen LogP contribution in [-0.4, -0.2) is 25.2 Å². The molecule has 0 aliphatic heterocycles. The van der Waals surface area contributed by atoms with Gasteiger partial charge < -0.3 is 15.4 Å². The first-order valence-electron chi connectivity index (χ1n) is 6.77. The Labute approximate surface area is 115 Å². The third-order valence-corrected chi connectivity index (χ3v) is 2.55. The molecule has 0 spiro atoms. The summed E-state index contributed by atoms with van der Waals surface area (Å²) in [5, 5.41) is 6.12. The van der Waals surface area contributed by atoms with Gasteiger partial charge >= 0.3 is 0 Å². The highest BCUT2D eigenvalue weighted by molar-refractivity contribution is 5.88. The summed E-state index contributed by atoms with van der Waals surface area (Å²) in [7, 11) is 0. The molecular formula is C15H24N2O2. The van der Waals surface area contributed by atoms with Gasteiger partial charge in [-0.15, -0.1) is 0 Å². The number of hydrogen-bond acceptors (Lipinski definition) is 3. The molecule has 0 aromatic heterocycles. The van der Waals surface area contributed by atoms with Crippen LogP contribution in [0.3, 0.4) is 0 Å². The van der Waals surface area contributed by atoms with Gasteiger partial charge in [0.1, 0.15) is 0 Å². The fraction of sp³-hybridized carbons (Fsp3) is 0.533. The molecular weight excluding hydrogens is 240 g/mol. The fourth-order valence-corrected chi connectivity index (χ4v) is 1.66. The number of carbonyl (C=O) groups is 1. The highest BCUT2D eigenvalue weighted by atomic mass is 16.5. The molecule has 0 radical (unpaired) electrons. The Kier molecular flexibility index (Phi) is 7.15. The van der Waals surface area contributed by atoms with Crippen LogP contribution in [0.15, 0.2) is 24.3 Å². The van der Waals surface area contributed by atoms with E-state index in [1.807, 2.05) is 38.1 Å². The fourth-order valence-electron chi connectivity index (χ4n) is 1.66. The Morgan fingerprint density at radius 2 is 1.95 bits per heavy atom. The molecule has 1 rings (SSSR count). The molecule has 0 atom stereocenters. The minimum atomic E-state index is -0.0453. The van der Waals surface area contributed by atoms with Crippen LogP contribution in [0, 0.1) is 0 Å². The largest absolute Gasteiger partial charge is 0.379 e. The third kappa shape index (κ3) is 7.59. The second-order valence-corrected chi connectivity index (χ2v) is 4.83. The molecule has 0 heterocycles. The Bertz CT molecular complexity index is 374. The number of benzene rings is 1. The lowest BCUT2D eigenvalue weighted by Gasteiger charge is -2.08. The zero-order valence-electron chi connectivity index (χ0n) is 12.0. The summed E-state index contributed by atoms with van der Waals surface area (Å²) in [6.07, 6.45) is 1.32. The Balaban J connectivity index is 2.17. The molecule has 0 saturated heterocycles. The van der Waals surface area contributed by atoms with Gasteiger partial charge in [-0.05, 0) is 44.5 Å². The van der Waals surface area contributed by atoms with Crippen molar-refractivity contribution in [3.63, 3.8) is 0 Å². The third-order valence-electron chi connectivity index (χ3n) is 2.55. The molecule has 0 fully saturated rings. The van der Waals surface area contributed by atoms with Crippen LogP contribution in [0.1, 0.15) is 32.8 Å². The maximum absolute atomic E-state index is 10.9. The number of nitrogens with one attached hydrogen (secondary N) is 2. The standard InChI is InChI=1S/C15H24N2O2/c1-12(2)19-10-4-9-16-11-14-5-7-15(8-6-14)17-13(3)18/h5-8,12,16H,4,9-11H2,1-3H3,(H,17,18). The highest BCUT2D eigenvalue weighted by Gasteiger charge is 1.97. The number of carbonyl (C=O) groups excluding carboxylic acids is 1. The van der Waals surface area contributed by atoms with E-state index in [1.165, 1.54) is 12.5 Å². The van der Waals surface area contributed by atoms with Crippen LogP contribution >= 0.6 is 0 Å². The van der Waals surface area contributed by atoms with Crippen LogP contribution in [0.25, 0.3) is 0 Å². The van der Waals surface area contributed by atoms with Crippen molar-refractivity contribution in [1.29, 1.82) is 0 Å². The maximum Gasteiger partial charge on any atom is 0.221 e. The van der Waals surface area contributed by atoms with E-state index in [-0.39, 0.29) is 5.91 Å². The monoisotopic (exact) mass is 264 g/mol. The molecule has 0 bridgehead atoms. The topological polar surface area (TPSA) is 50.4 Å². The van der Waals surface area contributed by atoms with Crippen LogP contribution in [-0.2, 0) is 16.1 Å². The van der Waals surface area contributed by atoms with Gasteiger partial charge in [-0.1, -0.05) is 12.1 Å². The molecule has 0 aliphatic rings. The molecule has 1 aromatic carbocycles. The molecule has 19 heavy (non-hydrogen) atoms. The van der Waals surface area contributed by atoms with Crippen LogP contribution < -0.4 is 10.6 Å². The first-order chi connectivity index (χ1) is 9.08. The highest BCUT2D eigenvalue weighted by Crippen LogP contribution is 2.09. The van der Waals surface area contributed by atoms with Crippen molar-refractivity contribution in [2.24, 2.45) is 0 Å². The number of ether oxygens (including phenoxy) is 1. The maximum atomic E-state index is 10.9. The lowest BCUT2D eigenvalue weighted by molar-refractivity contribution is -0.114. The van der Waals surface area contributed by atoms with E-state index in [0.717, 1.165) is 31.8 Å². The van der Waals surface area contributed by atoms with Gasteiger partial charge in [-0.3, -0.25) is 4.79 Å². The summed E-state index contributed by atoms with van der Waals surface area (Å²) >= 11 is 0. The molecule has 0 aliphatic carbocycles. The number of anilines is 1. The van der Waals surface area contributed by atoms with Crippen molar-refractivity contribution in [3.05, 3.63) is 29.8 Å². The van der Waals surface area contributed by atoms with Gasteiger partial charge in [0, 0.05) is 25.8 Å². The van der Waals surface area contributed by atoms with E-state index in [9.17, 15) is 4.79 Å². The molecule has 2 N–H and O–H groups in total. The molecule has 4 nitrogen and oxygen atoms in total. The number of rotatable bonds is 8. The first kappa shape index (κ1) is 15.7. The van der Waals surface area contributed by atoms with Crippen LogP contribution in [0.2, 0.25) is 0 Å². The summed E-state index contributed by atoms with van der Waals surface area (Å²) in [5.74, 6) is -0.0453. The van der Waals surface area contributed by atoms with E-state index in [1.54, 1.807) is 0 Å². The zero-order valence-corrected chi connectivity index (χ0v) is 12.0. The molecule has 106 valence electrons. The van der Waals surface area contributed by atoms with E-state index in [2.05, 4.69) is 10.6 Å². The smallest absolute Gasteiger partial charge is 0.221 e. The second kappa shape index (κ2) is 8.67. The van der Waals surface area contributed by atoms with Gasteiger partial charge in [-0.2, -0.15) is 0 Å². The number of amides is 1. The second-order valence-electron chi connectivity index (χ2n) is 4.83. The van der Waals surface area contributed by atoms with Gasteiger partial charge in [-0.25, -0.2) is 0 Å². The average molecular weight is 264 g/mol. The predicted molar refractivity (Wildman–Crippen MR) is 78.2 cm³/mol. The van der Waals surface area contributed by atoms with Crippen molar-refractivity contribution in [2.75, 3.05) is 18.5 Å². The summed E-state index contributed by atoms with van der Waals surface area (Å²) < 4.78 is 5.47. The normalized spacial score (nSPS) is 10.7. The van der Waals surface area contributed by atoms with Crippen LogP contribution in [0.4, 0.5) is 5.69 Å². The van der Waals surface area contributed by atoms with Gasteiger partial charge in [0.05, 0.1) is 6.10 Å². The van der Waals surface area contributed by atoms with Crippen molar-refractivity contribution in [1.82, 2.24) is 5.32 Å². The average Bonchev–Trinajstić information content (AvgIpc) is 2.34.